The molecule has 0 aliphatic carbocycles. The zero-order valence-electron chi connectivity index (χ0n) is 12.7. The quantitative estimate of drug-likeness (QED) is 0.545. The Labute approximate surface area is 148 Å². The molecule has 0 fully saturated rings. The topological polar surface area (TPSA) is 65.0 Å². The lowest BCUT2D eigenvalue weighted by atomic mass is 9.82. The van der Waals surface area contributed by atoms with Gasteiger partial charge in [-0.2, -0.15) is 0 Å². The highest BCUT2D eigenvalue weighted by Crippen LogP contribution is 2.27. The molecule has 0 saturated heterocycles. The highest BCUT2D eigenvalue weighted by Gasteiger charge is 2.12. The third kappa shape index (κ3) is 4.32. The fourth-order valence-corrected chi connectivity index (χ4v) is 3.50. The Balaban J connectivity index is 1.68. The molecule has 1 heterocycles. The maximum Gasteiger partial charge on any atom is 0.0880 e. The summed E-state index contributed by atoms with van der Waals surface area (Å²) in [5, 5.41) is 2.90. The molecule has 0 amide bonds. The van der Waals surface area contributed by atoms with E-state index in [4.69, 9.17) is 7.85 Å². The van der Waals surface area contributed by atoms with Crippen LogP contribution in [-0.2, 0) is 17.7 Å². The van der Waals surface area contributed by atoms with E-state index in [0.29, 0.717) is 12.1 Å². The van der Waals surface area contributed by atoms with E-state index in [1.54, 1.807) is 23.5 Å². The van der Waals surface area contributed by atoms with Crippen LogP contribution in [0.1, 0.15) is 16.4 Å². The number of hydrogen-bond acceptors (Lipinski definition) is 4. The Hall–Kier alpha value is -1.96. The van der Waals surface area contributed by atoms with Crippen LogP contribution < -0.4 is 4.72 Å². The van der Waals surface area contributed by atoms with E-state index in [-0.39, 0.29) is 5.82 Å². The average molecular weight is 353 g/mol. The van der Waals surface area contributed by atoms with Gasteiger partial charge in [0.1, 0.15) is 0 Å². The summed E-state index contributed by atoms with van der Waals surface area (Å²) in [6.07, 6.45) is 0.641. The smallest absolute Gasteiger partial charge is 0.0880 e. The van der Waals surface area contributed by atoms with Gasteiger partial charge in [0.2, 0.25) is 0 Å². The third-order valence-electron chi connectivity index (χ3n) is 3.52. The normalized spacial score (nSPS) is 13.4. The minimum atomic E-state index is -2.31. The van der Waals surface area contributed by atoms with E-state index >= 15 is 0 Å². The third-order valence-corrected chi connectivity index (χ3v) is 4.90. The summed E-state index contributed by atoms with van der Waals surface area (Å²) < 4.78 is 23.5. The molecule has 1 unspecified atom stereocenters. The lowest BCUT2D eigenvalue weighted by Gasteiger charge is -2.11. The molecule has 1 aromatic heterocycles. The molecule has 2 atom stereocenters. The van der Waals surface area contributed by atoms with Crippen molar-refractivity contribution >= 4 is 36.1 Å². The molecule has 0 saturated carbocycles. The number of hydrogen-bond donors (Lipinski definition) is 1. The van der Waals surface area contributed by atoms with Gasteiger partial charge in [-0.1, -0.05) is 42.5 Å². The summed E-state index contributed by atoms with van der Waals surface area (Å²) in [5.41, 5.74) is 3.57. The van der Waals surface area contributed by atoms with Crippen molar-refractivity contribution in [1.29, 1.82) is 0 Å². The molecule has 24 heavy (non-hydrogen) atoms. The molecule has 0 aliphatic heterocycles. The first-order chi connectivity index (χ1) is 11.6. The summed E-state index contributed by atoms with van der Waals surface area (Å²) in [5.74, 6) is -0.195. The Morgan fingerprint density at radius 3 is 2.54 bits per heavy atom. The maximum absolute atomic E-state index is 10.6. The molecule has 0 spiro atoms. The van der Waals surface area contributed by atoms with Gasteiger partial charge in [-0.05, 0) is 29.9 Å². The van der Waals surface area contributed by atoms with Crippen molar-refractivity contribution in [2.75, 3.05) is 4.72 Å². The molecule has 2 radical (unpaired) electrons. The summed E-state index contributed by atoms with van der Waals surface area (Å²) in [4.78, 5) is 4.63. The van der Waals surface area contributed by atoms with Crippen LogP contribution in [0.25, 0.3) is 11.3 Å². The van der Waals surface area contributed by atoms with E-state index in [2.05, 4.69) is 9.71 Å². The first-order valence-electron chi connectivity index (χ1n) is 7.33. The van der Waals surface area contributed by atoms with Crippen LogP contribution in [0.4, 0.5) is 5.69 Å². The van der Waals surface area contributed by atoms with Gasteiger partial charge in [-0.3, -0.25) is 4.21 Å². The zero-order chi connectivity index (χ0) is 16.9. The standard InChI is InChI=1S/C17H15BN2O2S2/c18-15(10-12-6-8-14(9-7-12)20-24(21)22)17-19-16(11-23-17)13-4-2-1-3-5-13/h1-9,11,15,20H,10H2,(H,21,22)/p-1/t15-/m0/s1. The van der Waals surface area contributed by atoms with E-state index in [1.807, 2.05) is 47.8 Å². The Bertz CT molecular complexity index is 822. The number of thiazole rings is 1. The number of anilines is 1. The summed E-state index contributed by atoms with van der Waals surface area (Å²) in [6.45, 7) is 0. The molecule has 1 N–H and O–H groups in total. The predicted molar refractivity (Wildman–Crippen MR) is 98.7 cm³/mol. The molecule has 4 nitrogen and oxygen atoms in total. The van der Waals surface area contributed by atoms with Gasteiger partial charge in [-0.25, -0.2) is 4.98 Å². The molecule has 0 aliphatic rings. The summed E-state index contributed by atoms with van der Waals surface area (Å²) in [7, 11) is 6.27. The van der Waals surface area contributed by atoms with Gasteiger partial charge >= 0.3 is 0 Å². The molecule has 2 aromatic carbocycles. The molecule has 3 aromatic rings. The van der Waals surface area contributed by atoms with Gasteiger partial charge in [0, 0.05) is 27.9 Å². The van der Waals surface area contributed by atoms with Gasteiger partial charge in [0.25, 0.3) is 0 Å². The lowest BCUT2D eigenvalue weighted by molar-refractivity contribution is 0.542. The van der Waals surface area contributed by atoms with Crippen LogP contribution in [0.15, 0.2) is 60.0 Å². The van der Waals surface area contributed by atoms with Crippen molar-refractivity contribution < 1.29 is 8.76 Å². The van der Waals surface area contributed by atoms with Gasteiger partial charge in [0.05, 0.1) is 18.5 Å². The number of aromatic nitrogens is 1. The number of nitrogens with zero attached hydrogens (tertiary/aromatic N) is 1. The number of nitrogens with one attached hydrogen (secondary N) is 1. The molecule has 120 valence electrons. The fraction of sp³-hybridized carbons (Fsp3) is 0.118. The highest BCUT2D eigenvalue weighted by molar-refractivity contribution is 7.80. The first-order valence-corrected chi connectivity index (χ1v) is 9.28. The summed E-state index contributed by atoms with van der Waals surface area (Å²) in [6, 6.07) is 17.2. The first kappa shape index (κ1) is 16.9. The second-order valence-electron chi connectivity index (χ2n) is 5.28. The van der Waals surface area contributed by atoms with Crippen LogP contribution in [-0.4, -0.2) is 21.6 Å². The monoisotopic (exact) mass is 353 g/mol. The van der Waals surface area contributed by atoms with Crippen LogP contribution in [0.3, 0.4) is 0 Å². The zero-order valence-corrected chi connectivity index (χ0v) is 14.3. The predicted octanol–water partition coefficient (Wildman–Crippen LogP) is 3.47. The van der Waals surface area contributed by atoms with Crippen molar-refractivity contribution in [2.24, 2.45) is 0 Å². The van der Waals surface area contributed by atoms with Crippen molar-refractivity contribution in [3.8, 4) is 11.3 Å². The van der Waals surface area contributed by atoms with Gasteiger partial charge in [-0.15, -0.1) is 11.3 Å². The number of benzene rings is 2. The largest absolute Gasteiger partial charge is 0.755 e. The molecular weight excluding hydrogens is 339 g/mol. The SMILES string of the molecule is [B][C@@H](Cc1ccc(NS(=O)[O-])cc1)c1nc(-c2ccccc2)cs1. The van der Waals surface area contributed by atoms with Crippen molar-refractivity contribution in [1.82, 2.24) is 4.98 Å². The van der Waals surface area contributed by atoms with Crippen LogP contribution in [0.5, 0.6) is 0 Å². The minimum absolute atomic E-state index is 0.195. The van der Waals surface area contributed by atoms with Crippen molar-refractivity contribution in [3.05, 3.63) is 70.5 Å². The van der Waals surface area contributed by atoms with Gasteiger partial charge in [0.15, 0.2) is 0 Å². The molecular formula is C17H14BN2O2S2-. The maximum atomic E-state index is 10.6. The van der Waals surface area contributed by atoms with Crippen LogP contribution in [0.2, 0.25) is 0 Å². The van der Waals surface area contributed by atoms with E-state index in [9.17, 15) is 8.76 Å². The van der Waals surface area contributed by atoms with Crippen LogP contribution in [0, 0.1) is 0 Å². The Morgan fingerprint density at radius 2 is 1.88 bits per heavy atom. The second kappa shape index (κ2) is 7.74. The molecule has 0 bridgehead atoms. The van der Waals surface area contributed by atoms with Gasteiger partial charge < -0.3 is 9.27 Å². The highest BCUT2D eigenvalue weighted by atomic mass is 32.2. The fourth-order valence-electron chi connectivity index (χ4n) is 2.35. The average Bonchev–Trinajstić information content (AvgIpc) is 3.07. The molecule has 3 rings (SSSR count). The van der Waals surface area contributed by atoms with E-state index in [0.717, 1.165) is 21.8 Å². The second-order valence-corrected chi connectivity index (χ2v) is 6.84. The van der Waals surface area contributed by atoms with Crippen molar-refractivity contribution in [2.45, 2.75) is 12.2 Å². The van der Waals surface area contributed by atoms with E-state index < -0.39 is 11.3 Å². The molecule has 7 heteroatoms. The van der Waals surface area contributed by atoms with Crippen molar-refractivity contribution in [3.63, 3.8) is 0 Å². The lowest BCUT2D eigenvalue weighted by Crippen LogP contribution is -2.04. The van der Waals surface area contributed by atoms with Crippen LogP contribution >= 0.6 is 11.3 Å². The summed E-state index contributed by atoms with van der Waals surface area (Å²) >= 11 is -0.759. The minimum Gasteiger partial charge on any atom is -0.755 e. The van der Waals surface area contributed by atoms with E-state index in [1.165, 1.54) is 0 Å². The Kier molecular flexibility index (Phi) is 5.45. The Morgan fingerprint density at radius 1 is 1.17 bits per heavy atom. The number of rotatable bonds is 6.